The molecule has 0 atom stereocenters. The van der Waals surface area contributed by atoms with E-state index in [0.29, 0.717) is 5.95 Å². The molecule has 1 aromatic rings. The van der Waals surface area contributed by atoms with Gasteiger partial charge in [-0.05, 0) is 19.4 Å². The summed E-state index contributed by atoms with van der Waals surface area (Å²) >= 11 is 0. The first-order chi connectivity index (χ1) is 4.74. The maximum Gasteiger partial charge on any atom is 0.261 e. The second-order valence-corrected chi connectivity index (χ2v) is 2.07. The van der Waals surface area contributed by atoms with E-state index >= 15 is 0 Å². The molecule has 4 heteroatoms. The second kappa shape index (κ2) is 2.62. The Labute approximate surface area is 59.5 Å². The quantitative estimate of drug-likeness (QED) is 0.444. The molecule has 0 aliphatic heterocycles. The number of nitrogens with zero attached hydrogens (tertiary/aromatic N) is 3. The summed E-state index contributed by atoms with van der Waals surface area (Å²) in [7, 11) is 0. The highest BCUT2D eigenvalue weighted by molar-refractivity contribution is 5.20. The highest BCUT2D eigenvalue weighted by Gasteiger charge is 1.96. The Morgan fingerprint density at radius 2 is 2.20 bits per heavy atom. The van der Waals surface area contributed by atoms with E-state index in [1.54, 1.807) is 6.20 Å². The summed E-state index contributed by atoms with van der Waals surface area (Å²) in [6, 6.07) is 0. The fraction of sp³-hybridized carbons (Fsp3) is 0.333. The first-order valence-electron chi connectivity index (χ1n) is 2.95. The van der Waals surface area contributed by atoms with E-state index in [4.69, 9.17) is 5.84 Å². The number of hydrogen-bond donors (Lipinski definition) is 1. The Morgan fingerprint density at radius 1 is 1.50 bits per heavy atom. The predicted molar refractivity (Wildman–Crippen MR) is 37.5 cm³/mol. The molecular formula is C6H9N4. The van der Waals surface area contributed by atoms with Crippen molar-refractivity contribution >= 4 is 5.95 Å². The van der Waals surface area contributed by atoms with Crippen molar-refractivity contribution in [2.75, 3.05) is 0 Å². The standard InChI is InChI=1S/C6H9N4/c1-4-3-8-6(10-7)9-5(4)2/h3H,7H2,1-2H3. The van der Waals surface area contributed by atoms with Crippen LogP contribution in [0.1, 0.15) is 11.3 Å². The van der Waals surface area contributed by atoms with Crippen molar-refractivity contribution in [2.45, 2.75) is 13.8 Å². The maximum atomic E-state index is 4.97. The Morgan fingerprint density at radius 3 is 2.70 bits per heavy atom. The van der Waals surface area contributed by atoms with Crippen LogP contribution in [0.5, 0.6) is 0 Å². The zero-order chi connectivity index (χ0) is 7.56. The van der Waals surface area contributed by atoms with Gasteiger partial charge in [0.1, 0.15) is 0 Å². The minimum absolute atomic E-state index is 0.336. The lowest BCUT2D eigenvalue weighted by Crippen LogP contribution is -2.09. The van der Waals surface area contributed by atoms with Gasteiger partial charge in [-0.25, -0.2) is 15.8 Å². The smallest absolute Gasteiger partial charge is 0.224 e. The van der Waals surface area contributed by atoms with Gasteiger partial charge < -0.3 is 0 Å². The van der Waals surface area contributed by atoms with Gasteiger partial charge in [0.05, 0.1) is 0 Å². The summed E-state index contributed by atoms with van der Waals surface area (Å²) in [4.78, 5) is 7.84. The molecule has 0 aromatic carbocycles. The number of nitrogens with two attached hydrogens (primary N) is 1. The molecule has 1 aromatic heterocycles. The molecule has 0 spiro atoms. The SMILES string of the molecule is Cc1cnc([N]N)nc1C. The largest absolute Gasteiger partial charge is 0.261 e. The van der Waals surface area contributed by atoms with Gasteiger partial charge in [-0.1, -0.05) is 0 Å². The van der Waals surface area contributed by atoms with E-state index in [-0.39, 0.29) is 0 Å². The van der Waals surface area contributed by atoms with Gasteiger partial charge in [0.2, 0.25) is 0 Å². The summed E-state index contributed by atoms with van der Waals surface area (Å²) in [6.07, 6.45) is 1.70. The lowest BCUT2D eigenvalue weighted by Gasteiger charge is -1.98. The Kier molecular flexibility index (Phi) is 1.82. The van der Waals surface area contributed by atoms with Gasteiger partial charge in [-0.2, -0.15) is 5.43 Å². The molecule has 0 aliphatic rings. The maximum absolute atomic E-state index is 4.97. The van der Waals surface area contributed by atoms with Gasteiger partial charge in [0.15, 0.2) is 0 Å². The van der Waals surface area contributed by atoms with Crippen molar-refractivity contribution in [1.82, 2.24) is 15.4 Å². The minimum atomic E-state index is 0.336. The van der Waals surface area contributed by atoms with Crippen molar-refractivity contribution in [3.8, 4) is 0 Å². The third-order valence-corrected chi connectivity index (χ3v) is 1.33. The summed E-state index contributed by atoms with van der Waals surface area (Å²) in [6.45, 7) is 3.83. The van der Waals surface area contributed by atoms with E-state index in [2.05, 4.69) is 15.4 Å². The number of aromatic nitrogens is 2. The van der Waals surface area contributed by atoms with Crippen molar-refractivity contribution in [2.24, 2.45) is 5.84 Å². The normalized spacial score (nSPS) is 9.50. The predicted octanol–water partition coefficient (Wildman–Crippen LogP) is 0.203. The fourth-order valence-corrected chi connectivity index (χ4v) is 0.577. The van der Waals surface area contributed by atoms with Gasteiger partial charge >= 0.3 is 0 Å². The number of hydrogen-bond acceptors (Lipinski definition) is 3. The summed E-state index contributed by atoms with van der Waals surface area (Å²) in [5.74, 6) is 5.30. The monoisotopic (exact) mass is 137 g/mol. The van der Waals surface area contributed by atoms with Crippen molar-refractivity contribution < 1.29 is 0 Å². The second-order valence-electron chi connectivity index (χ2n) is 2.07. The van der Waals surface area contributed by atoms with Crippen LogP contribution in [0.3, 0.4) is 0 Å². The molecule has 0 saturated heterocycles. The van der Waals surface area contributed by atoms with Gasteiger partial charge in [0.25, 0.3) is 5.95 Å². The zero-order valence-electron chi connectivity index (χ0n) is 6.00. The zero-order valence-corrected chi connectivity index (χ0v) is 6.00. The average molecular weight is 137 g/mol. The summed E-state index contributed by atoms with van der Waals surface area (Å²) in [5.41, 5.74) is 5.31. The van der Waals surface area contributed by atoms with Crippen molar-refractivity contribution in [3.05, 3.63) is 17.5 Å². The molecule has 0 unspecified atom stereocenters. The van der Waals surface area contributed by atoms with Gasteiger partial charge in [-0.15, -0.1) is 0 Å². The molecule has 0 amide bonds. The molecular weight excluding hydrogens is 128 g/mol. The lowest BCUT2D eigenvalue weighted by molar-refractivity contribution is 0.857. The molecule has 0 aliphatic carbocycles. The van der Waals surface area contributed by atoms with E-state index in [9.17, 15) is 0 Å². The first kappa shape index (κ1) is 6.95. The van der Waals surface area contributed by atoms with Gasteiger partial charge in [0, 0.05) is 11.9 Å². The van der Waals surface area contributed by atoms with Crippen LogP contribution in [0, 0.1) is 13.8 Å². The molecule has 1 radical (unpaired) electrons. The summed E-state index contributed by atoms with van der Waals surface area (Å²) in [5, 5.41) is 0. The molecule has 0 bridgehead atoms. The van der Waals surface area contributed by atoms with Crippen molar-refractivity contribution in [1.29, 1.82) is 0 Å². The lowest BCUT2D eigenvalue weighted by atomic mass is 10.3. The summed E-state index contributed by atoms with van der Waals surface area (Å²) < 4.78 is 0. The topological polar surface area (TPSA) is 65.9 Å². The average Bonchev–Trinajstić information content (AvgIpc) is 1.95. The molecule has 0 saturated carbocycles. The highest BCUT2D eigenvalue weighted by Crippen LogP contribution is 2.02. The molecule has 4 nitrogen and oxygen atoms in total. The molecule has 1 heterocycles. The third kappa shape index (κ3) is 1.22. The van der Waals surface area contributed by atoms with E-state index < -0.39 is 0 Å². The molecule has 2 N–H and O–H groups in total. The van der Waals surface area contributed by atoms with Crippen LogP contribution in [-0.2, 0) is 0 Å². The minimum Gasteiger partial charge on any atom is -0.224 e. The number of rotatable bonds is 1. The first-order valence-corrected chi connectivity index (χ1v) is 2.95. The Bertz CT molecular complexity index is 233. The molecule has 53 valence electrons. The fourth-order valence-electron chi connectivity index (χ4n) is 0.577. The van der Waals surface area contributed by atoms with Crippen LogP contribution in [0.2, 0.25) is 0 Å². The van der Waals surface area contributed by atoms with Crippen LogP contribution >= 0.6 is 0 Å². The van der Waals surface area contributed by atoms with Crippen LogP contribution in [0.4, 0.5) is 5.95 Å². The number of aryl methyl sites for hydroxylation is 2. The Hall–Kier alpha value is -1.16. The van der Waals surface area contributed by atoms with Crippen LogP contribution in [0.15, 0.2) is 6.20 Å². The van der Waals surface area contributed by atoms with Crippen LogP contribution < -0.4 is 11.3 Å². The van der Waals surface area contributed by atoms with E-state index in [1.165, 1.54) is 0 Å². The molecule has 1 rings (SSSR count). The molecule has 0 fully saturated rings. The Balaban J connectivity index is 3.04. The molecule has 10 heavy (non-hydrogen) atoms. The van der Waals surface area contributed by atoms with Crippen LogP contribution in [0.25, 0.3) is 0 Å². The van der Waals surface area contributed by atoms with E-state index in [1.807, 2.05) is 13.8 Å². The van der Waals surface area contributed by atoms with Gasteiger partial charge in [-0.3, -0.25) is 0 Å². The van der Waals surface area contributed by atoms with E-state index in [0.717, 1.165) is 11.3 Å². The highest BCUT2D eigenvalue weighted by atomic mass is 15.3. The third-order valence-electron chi connectivity index (χ3n) is 1.33. The van der Waals surface area contributed by atoms with Crippen molar-refractivity contribution in [3.63, 3.8) is 0 Å². The van der Waals surface area contributed by atoms with Crippen LogP contribution in [-0.4, -0.2) is 9.97 Å².